The molecule has 0 spiro atoms. The highest BCUT2D eigenvalue weighted by Crippen LogP contribution is 2.44. The van der Waals surface area contributed by atoms with Gasteiger partial charge in [-0.1, -0.05) is 13.8 Å². The molecule has 4 rings (SSSR count). The summed E-state index contributed by atoms with van der Waals surface area (Å²) in [6.45, 7) is 7.03. The third-order valence-corrected chi connectivity index (χ3v) is 5.72. The van der Waals surface area contributed by atoms with Crippen LogP contribution in [0.4, 0.5) is 15.8 Å². The maximum absolute atomic E-state index is 14.4. The van der Waals surface area contributed by atoms with Gasteiger partial charge in [-0.25, -0.2) is 9.18 Å². The van der Waals surface area contributed by atoms with Gasteiger partial charge in [-0.05, 0) is 59.4 Å². The van der Waals surface area contributed by atoms with Crippen LogP contribution in [0.5, 0.6) is 0 Å². The number of rotatable bonds is 3. The van der Waals surface area contributed by atoms with Gasteiger partial charge in [0.05, 0.1) is 24.8 Å². The standard InChI is InChI=1S/C22H25FN2O3/c1-22(2)13-20(24-19-4-3-14(21(26)27)11-18(19)22)15-9-16(23)12-17(10-15)25-5-7-28-8-6-25/h3-4,9-12,20,24H,5-8,13H2,1-2H3,(H,26,27). The summed E-state index contributed by atoms with van der Waals surface area (Å²) in [7, 11) is 0. The van der Waals surface area contributed by atoms with Crippen molar-refractivity contribution < 1.29 is 19.0 Å². The highest BCUT2D eigenvalue weighted by Gasteiger charge is 2.34. The number of hydrogen-bond acceptors (Lipinski definition) is 4. The Morgan fingerprint density at radius 2 is 1.96 bits per heavy atom. The van der Waals surface area contributed by atoms with Crippen LogP contribution in [0, 0.1) is 5.82 Å². The zero-order valence-electron chi connectivity index (χ0n) is 16.2. The van der Waals surface area contributed by atoms with E-state index in [1.54, 1.807) is 24.3 Å². The van der Waals surface area contributed by atoms with Crippen LogP contribution in [-0.2, 0) is 10.2 Å². The number of benzene rings is 2. The first kappa shape index (κ1) is 18.7. The second kappa shape index (κ2) is 7.09. The summed E-state index contributed by atoms with van der Waals surface area (Å²) < 4.78 is 19.8. The van der Waals surface area contributed by atoms with Gasteiger partial charge in [-0.2, -0.15) is 0 Å². The number of carbonyl (C=O) groups is 1. The molecule has 2 heterocycles. The first-order valence-corrected chi connectivity index (χ1v) is 9.61. The van der Waals surface area contributed by atoms with E-state index in [0.717, 1.165) is 42.0 Å². The Balaban J connectivity index is 1.67. The van der Waals surface area contributed by atoms with E-state index in [4.69, 9.17) is 4.74 Å². The van der Waals surface area contributed by atoms with Crippen molar-refractivity contribution in [2.75, 3.05) is 36.5 Å². The molecule has 2 aromatic rings. The molecule has 0 aliphatic carbocycles. The van der Waals surface area contributed by atoms with E-state index >= 15 is 0 Å². The molecule has 1 fully saturated rings. The number of halogens is 1. The Kier molecular flexibility index (Phi) is 4.75. The molecular weight excluding hydrogens is 359 g/mol. The first-order valence-electron chi connectivity index (χ1n) is 9.61. The predicted molar refractivity (Wildman–Crippen MR) is 107 cm³/mol. The van der Waals surface area contributed by atoms with Crippen molar-refractivity contribution in [2.24, 2.45) is 0 Å². The normalized spacial score (nSPS) is 21.0. The number of morpholine rings is 1. The molecule has 6 heteroatoms. The monoisotopic (exact) mass is 384 g/mol. The van der Waals surface area contributed by atoms with Crippen molar-refractivity contribution >= 4 is 17.3 Å². The molecule has 148 valence electrons. The zero-order chi connectivity index (χ0) is 19.9. The number of carboxylic acids is 1. The van der Waals surface area contributed by atoms with Crippen molar-refractivity contribution in [3.63, 3.8) is 0 Å². The fraction of sp³-hybridized carbons (Fsp3) is 0.409. The van der Waals surface area contributed by atoms with Crippen LogP contribution < -0.4 is 10.2 Å². The largest absolute Gasteiger partial charge is 0.478 e. The Morgan fingerprint density at radius 3 is 2.68 bits per heavy atom. The van der Waals surface area contributed by atoms with E-state index in [9.17, 15) is 14.3 Å². The Labute approximate surface area is 164 Å². The van der Waals surface area contributed by atoms with E-state index in [0.29, 0.717) is 13.2 Å². The van der Waals surface area contributed by atoms with Crippen LogP contribution in [0.25, 0.3) is 0 Å². The lowest BCUT2D eigenvalue weighted by atomic mass is 9.73. The van der Waals surface area contributed by atoms with Gasteiger partial charge in [0, 0.05) is 24.5 Å². The number of hydrogen-bond donors (Lipinski definition) is 2. The van der Waals surface area contributed by atoms with Gasteiger partial charge in [0.2, 0.25) is 0 Å². The van der Waals surface area contributed by atoms with E-state index < -0.39 is 5.97 Å². The molecule has 0 bridgehead atoms. The zero-order valence-corrected chi connectivity index (χ0v) is 16.2. The smallest absolute Gasteiger partial charge is 0.335 e. The molecule has 1 saturated heterocycles. The third-order valence-electron chi connectivity index (χ3n) is 5.72. The second-order valence-electron chi connectivity index (χ2n) is 8.19. The van der Waals surface area contributed by atoms with E-state index in [2.05, 4.69) is 30.1 Å². The fourth-order valence-corrected chi connectivity index (χ4v) is 4.22. The van der Waals surface area contributed by atoms with Crippen LogP contribution >= 0.6 is 0 Å². The van der Waals surface area contributed by atoms with Gasteiger partial charge in [-0.3, -0.25) is 0 Å². The second-order valence-corrected chi connectivity index (χ2v) is 8.19. The first-order chi connectivity index (χ1) is 13.3. The maximum Gasteiger partial charge on any atom is 0.335 e. The van der Waals surface area contributed by atoms with Gasteiger partial charge in [-0.15, -0.1) is 0 Å². The molecule has 5 nitrogen and oxygen atoms in total. The van der Waals surface area contributed by atoms with E-state index in [1.165, 1.54) is 0 Å². The lowest BCUT2D eigenvalue weighted by molar-refractivity contribution is 0.0696. The van der Waals surface area contributed by atoms with E-state index in [1.807, 2.05) is 6.07 Å². The summed E-state index contributed by atoms with van der Waals surface area (Å²) in [6, 6.07) is 10.3. The van der Waals surface area contributed by atoms with Crippen molar-refractivity contribution in [1.29, 1.82) is 0 Å². The number of aromatic carboxylic acids is 1. The fourth-order valence-electron chi connectivity index (χ4n) is 4.22. The van der Waals surface area contributed by atoms with Crippen LogP contribution in [0.1, 0.15) is 47.8 Å². The Bertz CT molecular complexity index is 907. The lowest BCUT2D eigenvalue weighted by Gasteiger charge is -2.39. The Morgan fingerprint density at radius 1 is 1.21 bits per heavy atom. The van der Waals surface area contributed by atoms with Crippen LogP contribution in [-0.4, -0.2) is 37.4 Å². The molecule has 0 saturated carbocycles. The summed E-state index contributed by atoms with van der Waals surface area (Å²) >= 11 is 0. The summed E-state index contributed by atoms with van der Waals surface area (Å²) in [5.74, 6) is -1.17. The average Bonchev–Trinajstić information content (AvgIpc) is 2.67. The summed E-state index contributed by atoms with van der Waals surface area (Å²) in [5.41, 5.74) is 3.72. The minimum absolute atomic E-state index is 0.0475. The summed E-state index contributed by atoms with van der Waals surface area (Å²) in [6.07, 6.45) is 0.745. The predicted octanol–water partition coefficient (Wildman–Crippen LogP) is 4.20. The molecule has 0 amide bonds. The minimum Gasteiger partial charge on any atom is -0.478 e. The maximum atomic E-state index is 14.4. The molecule has 28 heavy (non-hydrogen) atoms. The number of ether oxygens (including phenoxy) is 1. The highest BCUT2D eigenvalue weighted by atomic mass is 19.1. The average molecular weight is 384 g/mol. The number of nitrogens with zero attached hydrogens (tertiary/aromatic N) is 1. The van der Waals surface area contributed by atoms with Crippen molar-refractivity contribution in [2.45, 2.75) is 31.7 Å². The molecule has 2 aromatic carbocycles. The molecule has 2 N–H and O–H groups in total. The molecule has 1 atom stereocenters. The molecular formula is C22H25FN2O3. The number of nitrogens with one attached hydrogen (secondary N) is 1. The third kappa shape index (κ3) is 3.56. The topological polar surface area (TPSA) is 61.8 Å². The van der Waals surface area contributed by atoms with Crippen LogP contribution in [0.15, 0.2) is 36.4 Å². The summed E-state index contributed by atoms with van der Waals surface area (Å²) in [5, 5.41) is 12.8. The number of anilines is 2. The molecule has 2 aliphatic heterocycles. The van der Waals surface area contributed by atoms with Gasteiger partial charge in [0.15, 0.2) is 0 Å². The number of carboxylic acid groups (broad SMARTS) is 1. The number of fused-ring (bicyclic) bond motifs is 1. The van der Waals surface area contributed by atoms with Crippen molar-refractivity contribution in [3.8, 4) is 0 Å². The van der Waals surface area contributed by atoms with Crippen molar-refractivity contribution in [3.05, 3.63) is 58.9 Å². The SMILES string of the molecule is CC1(C)CC(c2cc(F)cc(N3CCOCC3)c2)Nc2ccc(C(=O)O)cc21. The molecule has 2 aliphatic rings. The molecule has 0 radical (unpaired) electrons. The lowest BCUT2D eigenvalue weighted by Crippen LogP contribution is -2.36. The molecule has 1 unspecified atom stereocenters. The summed E-state index contributed by atoms with van der Waals surface area (Å²) in [4.78, 5) is 13.5. The van der Waals surface area contributed by atoms with Crippen LogP contribution in [0.3, 0.4) is 0 Å². The minimum atomic E-state index is -0.930. The quantitative estimate of drug-likeness (QED) is 0.831. The Hall–Kier alpha value is -2.60. The van der Waals surface area contributed by atoms with Gasteiger partial charge in [0.25, 0.3) is 0 Å². The highest BCUT2D eigenvalue weighted by molar-refractivity contribution is 5.89. The van der Waals surface area contributed by atoms with Crippen molar-refractivity contribution in [1.82, 2.24) is 0 Å². The van der Waals surface area contributed by atoms with Gasteiger partial charge >= 0.3 is 5.97 Å². The van der Waals surface area contributed by atoms with Gasteiger partial charge in [0.1, 0.15) is 5.82 Å². The van der Waals surface area contributed by atoms with Crippen LogP contribution in [0.2, 0.25) is 0 Å². The molecule has 0 aromatic heterocycles. The van der Waals surface area contributed by atoms with E-state index in [-0.39, 0.29) is 22.8 Å². The van der Waals surface area contributed by atoms with Gasteiger partial charge < -0.3 is 20.1 Å².